The van der Waals surface area contributed by atoms with Crippen molar-refractivity contribution in [1.82, 2.24) is 14.8 Å². The first kappa shape index (κ1) is 9.45. The molecule has 6 nitrogen and oxygen atoms in total. The zero-order valence-electron chi connectivity index (χ0n) is 8.24. The van der Waals surface area contributed by atoms with Gasteiger partial charge in [-0.1, -0.05) is 0 Å². The number of carboxylic acid groups (broad SMARTS) is 1. The number of H-pyrrole nitrogens is 1. The van der Waals surface area contributed by atoms with Gasteiger partial charge in [0.2, 0.25) is 0 Å². The molecule has 2 rings (SSSR count). The van der Waals surface area contributed by atoms with Crippen LogP contribution in [0.2, 0.25) is 0 Å². The van der Waals surface area contributed by atoms with E-state index in [2.05, 4.69) is 10.1 Å². The summed E-state index contributed by atoms with van der Waals surface area (Å²) in [6.45, 7) is 1.76. The summed E-state index contributed by atoms with van der Waals surface area (Å²) in [7, 11) is 1.69. The van der Waals surface area contributed by atoms with Gasteiger partial charge in [0.05, 0.1) is 5.69 Å². The maximum Gasteiger partial charge on any atom is 0.341 e. The van der Waals surface area contributed by atoms with Crippen LogP contribution in [0.3, 0.4) is 0 Å². The van der Waals surface area contributed by atoms with Crippen molar-refractivity contribution < 1.29 is 9.90 Å². The summed E-state index contributed by atoms with van der Waals surface area (Å²) in [6.07, 6.45) is 0. The molecular formula is C9H9N3O3. The van der Waals surface area contributed by atoms with Crippen LogP contribution < -0.4 is 5.56 Å². The van der Waals surface area contributed by atoms with Crippen molar-refractivity contribution in [2.45, 2.75) is 6.92 Å². The molecule has 0 bridgehead atoms. The van der Waals surface area contributed by atoms with Crippen molar-refractivity contribution in [1.29, 1.82) is 0 Å². The lowest BCUT2D eigenvalue weighted by molar-refractivity contribution is 0.0695. The first-order valence-electron chi connectivity index (χ1n) is 4.30. The molecule has 0 aliphatic heterocycles. The zero-order chi connectivity index (χ0) is 11.2. The van der Waals surface area contributed by atoms with Crippen LogP contribution in [0.5, 0.6) is 0 Å². The third-order valence-corrected chi connectivity index (χ3v) is 2.26. The smallest absolute Gasteiger partial charge is 0.341 e. The molecule has 0 aliphatic rings. The summed E-state index contributed by atoms with van der Waals surface area (Å²) in [5.74, 6) is -1.23. The van der Waals surface area contributed by atoms with E-state index in [9.17, 15) is 9.59 Å². The van der Waals surface area contributed by atoms with Crippen molar-refractivity contribution in [3.8, 4) is 0 Å². The molecule has 15 heavy (non-hydrogen) atoms. The Hall–Kier alpha value is -2.11. The summed E-state index contributed by atoms with van der Waals surface area (Å²) in [5, 5.41) is 13.5. The Morgan fingerprint density at radius 2 is 2.27 bits per heavy atom. The van der Waals surface area contributed by atoms with Crippen LogP contribution in [-0.4, -0.2) is 25.8 Å². The molecular weight excluding hydrogens is 198 g/mol. The molecule has 2 aromatic rings. The summed E-state index contributed by atoms with van der Waals surface area (Å²) in [4.78, 5) is 24.6. The van der Waals surface area contributed by atoms with Crippen LogP contribution in [0.15, 0.2) is 10.9 Å². The van der Waals surface area contributed by atoms with Crippen LogP contribution >= 0.6 is 0 Å². The first-order chi connectivity index (χ1) is 7.00. The van der Waals surface area contributed by atoms with Crippen molar-refractivity contribution >= 4 is 17.0 Å². The lowest BCUT2D eigenvalue weighted by Crippen LogP contribution is -2.17. The van der Waals surface area contributed by atoms with E-state index in [0.717, 1.165) is 0 Å². The molecule has 0 amide bonds. The standard InChI is InChI=1S/C9H9N3O3/c1-4-5-3-6(9(14)15)8(13)10-7(5)12(2)11-4/h3H,1-2H3,(H,10,13)(H,14,15). The number of aromatic amines is 1. The number of hydrogen-bond acceptors (Lipinski definition) is 3. The topological polar surface area (TPSA) is 88.0 Å². The van der Waals surface area contributed by atoms with E-state index < -0.39 is 11.5 Å². The van der Waals surface area contributed by atoms with Crippen molar-refractivity contribution in [2.75, 3.05) is 0 Å². The Kier molecular flexibility index (Phi) is 1.85. The Bertz CT molecular complexity index is 609. The second-order valence-corrected chi connectivity index (χ2v) is 3.29. The Balaban J connectivity index is 2.91. The highest BCUT2D eigenvalue weighted by molar-refractivity contribution is 5.92. The van der Waals surface area contributed by atoms with E-state index in [-0.39, 0.29) is 5.56 Å². The number of pyridine rings is 1. The summed E-state index contributed by atoms with van der Waals surface area (Å²) >= 11 is 0. The number of aromatic carboxylic acids is 1. The van der Waals surface area contributed by atoms with Crippen molar-refractivity contribution in [2.24, 2.45) is 7.05 Å². The maximum atomic E-state index is 11.4. The van der Waals surface area contributed by atoms with Crippen LogP contribution in [0.25, 0.3) is 11.0 Å². The van der Waals surface area contributed by atoms with Gasteiger partial charge in [-0.3, -0.25) is 9.48 Å². The molecule has 0 unspecified atom stereocenters. The first-order valence-corrected chi connectivity index (χ1v) is 4.30. The SMILES string of the molecule is Cc1nn(C)c2[nH]c(=O)c(C(=O)O)cc12. The quantitative estimate of drug-likeness (QED) is 0.702. The summed E-state index contributed by atoms with van der Waals surface area (Å²) in [5.41, 5.74) is 0.338. The van der Waals surface area contributed by atoms with E-state index in [1.54, 1.807) is 14.0 Å². The fourth-order valence-corrected chi connectivity index (χ4v) is 1.54. The molecule has 0 fully saturated rings. The van der Waals surface area contributed by atoms with Gasteiger partial charge in [0.1, 0.15) is 11.2 Å². The number of fused-ring (bicyclic) bond motifs is 1. The van der Waals surface area contributed by atoms with Gasteiger partial charge >= 0.3 is 5.97 Å². The molecule has 0 radical (unpaired) electrons. The number of nitrogens with one attached hydrogen (secondary N) is 1. The fourth-order valence-electron chi connectivity index (χ4n) is 1.54. The molecule has 2 heterocycles. The fraction of sp³-hybridized carbons (Fsp3) is 0.222. The minimum atomic E-state index is -1.23. The molecule has 2 aromatic heterocycles. The monoisotopic (exact) mass is 207 g/mol. The van der Waals surface area contributed by atoms with Crippen LogP contribution in [-0.2, 0) is 7.05 Å². The van der Waals surface area contributed by atoms with Crippen molar-refractivity contribution in [3.63, 3.8) is 0 Å². The molecule has 2 N–H and O–H groups in total. The predicted octanol–water partition coefficient (Wildman–Crippen LogP) is 0.268. The number of aromatic nitrogens is 3. The van der Waals surface area contributed by atoms with Gasteiger partial charge in [-0.2, -0.15) is 5.10 Å². The van der Waals surface area contributed by atoms with Gasteiger partial charge in [0, 0.05) is 12.4 Å². The van der Waals surface area contributed by atoms with Gasteiger partial charge in [0.15, 0.2) is 0 Å². The average molecular weight is 207 g/mol. The third kappa shape index (κ3) is 1.30. The molecule has 0 aromatic carbocycles. The predicted molar refractivity (Wildman–Crippen MR) is 53.0 cm³/mol. The Labute approximate surface area is 84.2 Å². The Morgan fingerprint density at radius 3 is 2.87 bits per heavy atom. The second-order valence-electron chi connectivity index (χ2n) is 3.29. The second kappa shape index (κ2) is 2.94. The molecule has 0 atom stereocenters. The van der Waals surface area contributed by atoms with Crippen LogP contribution in [0.1, 0.15) is 16.1 Å². The maximum absolute atomic E-state index is 11.4. The van der Waals surface area contributed by atoms with Gasteiger partial charge in [0.25, 0.3) is 5.56 Å². The molecule has 0 aliphatic carbocycles. The zero-order valence-corrected chi connectivity index (χ0v) is 8.24. The highest BCUT2D eigenvalue weighted by atomic mass is 16.4. The van der Waals surface area contributed by atoms with E-state index in [1.165, 1.54) is 10.7 Å². The highest BCUT2D eigenvalue weighted by Gasteiger charge is 2.13. The number of hydrogen-bond donors (Lipinski definition) is 2. The number of rotatable bonds is 1. The van der Waals surface area contributed by atoms with E-state index in [0.29, 0.717) is 16.7 Å². The minimum Gasteiger partial charge on any atom is -0.477 e. The Morgan fingerprint density at radius 1 is 1.60 bits per heavy atom. The van der Waals surface area contributed by atoms with E-state index in [4.69, 9.17) is 5.11 Å². The highest BCUT2D eigenvalue weighted by Crippen LogP contribution is 2.14. The van der Waals surface area contributed by atoms with Gasteiger partial charge in [-0.05, 0) is 13.0 Å². The number of aryl methyl sites for hydroxylation is 2. The molecule has 0 saturated carbocycles. The summed E-state index contributed by atoms with van der Waals surface area (Å²) < 4.78 is 1.51. The van der Waals surface area contributed by atoms with Crippen molar-refractivity contribution in [3.05, 3.63) is 27.7 Å². The molecule has 0 spiro atoms. The molecule has 6 heteroatoms. The van der Waals surface area contributed by atoms with Crippen LogP contribution in [0.4, 0.5) is 0 Å². The summed E-state index contributed by atoms with van der Waals surface area (Å²) in [6, 6.07) is 1.35. The normalized spacial score (nSPS) is 10.8. The molecule has 78 valence electrons. The van der Waals surface area contributed by atoms with Crippen LogP contribution in [0, 0.1) is 6.92 Å². The number of carboxylic acids is 1. The minimum absolute atomic E-state index is 0.265. The lowest BCUT2D eigenvalue weighted by atomic mass is 10.2. The van der Waals surface area contributed by atoms with E-state index >= 15 is 0 Å². The van der Waals surface area contributed by atoms with Gasteiger partial charge < -0.3 is 10.1 Å². The van der Waals surface area contributed by atoms with E-state index in [1.807, 2.05) is 0 Å². The number of carbonyl (C=O) groups is 1. The third-order valence-electron chi connectivity index (χ3n) is 2.26. The average Bonchev–Trinajstić information content (AvgIpc) is 2.41. The number of nitrogens with zero attached hydrogens (tertiary/aromatic N) is 2. The molecule has 0 saturated heterocycles. The van der Waals surface area contributed by atoms with Gasteiger partial charge in [-0.15, -0.1) is 0 Å². The largest absolute Gasteiger partial charge is 0.477 e. The van der Waals surface area contributed by atoms with Gasteiger partial charge in [-0.25, -0.2) is 4.79 Å². The lowest BCUT2D eigenvalue weighted by Gasteiger charge is -1.96.